The van der Waals surface area contributed by atoms with Crippen LogP contribution in [0.15, 0.2) is 18.5 Å². The van der Waals surface area contributed by atoms with Crippen molar-refractivity contribution in [1.29, 1.82) is 0 Å². The first-order valence-electron chi connectivity index (χ1n) is 6.78. The highest BCUT2D eigenvalue weighted by Gasteiger charge is 2.24. The van der Waals surface area contributed by atoms with Crippen LogP contribution in [0.5, 0.6) is 0 Å². The monoisotopic (exact) mass is 335 g/mol. The van der Waals surface area contributed by atoms with Crippen molar-refractivity contribution in [2.45, 2.75) is 0 Å². The number of aromatic carboxylic acids is 1. The predicted octanol–water partition coefficient (Wildman–Crippen LogP) is 0.380. The number of carboxylic acids is 1. The number of nitrogens with one attached hydrogen (secondary N) is 1. The minimum absolute atomic E-state index is 0.135. The van der Waals surface area contributed by atoms with Gasteiger partial charge in [-0.3, -0.25) is 5.32 Å². The summed E-state index contributed by atoms with van der Waals surface area (Å²) in [7, 11) is 0. The van der Waals surface area contributed by atoms with Crippen LogP contribution in [-0.2, 0) is 0 Å². The second kappa shape index (κ2) is 6.52. The van der Waals surface area contributed by atoms with Crippen LogP contribution in [0.1, 0.15) is 10.5 Å². The Hall–Kier alpha value is -2.82. The maximum Gasteiger partial charge on any atom is 0.359 e. The maximum atomic E-state index is 12.2. The average molecular weight is 335 g/mol. The van der Waals surface area contributed by atoms with Crippen molar-refractivity contribution in [2.75, 3.05) is 36.4 Å². The topological polar surface area (TPSA) is 124 Å². The zero-order valence-electron chi connectivity index (χ0n) is 11.9. The Bertz CT molecular complexity index is 700. The van der Waals surface area contributed by atoms with Crippen molar-refractivity contribution in [2.24, 2.45) is 0 Å². The second-order valence-electron chi connectivity index (χ2n) is 4.71. The Kier molecular flexibility index (Phi) is 4.28. The van der Waals surface area contributed by atoms with Gasteiger partial charge in [-0.25, -0.2) is 19.6 Å². The van der Waals surface area contributed by atoms with E-state index in [1.54, 1.807) is 23.4 Å². The average Bonchev–Trinajstić information content (AvgIpc) is 3.04. The Balaban J connectivity index is 1.58. The van der Waals surface area contributed by atoms with E-state index in [2.05, 4.69) is 24.9 Å². The molecular formula is C12H13N7O3S. The third kappa shape index (κ3) is 3.34. The van der Waals surface area contributed by atoms with Crippen molar-refractivity contribution in [3.63, 3.8) is 0 Å². The lowest BCUT2D eigenvalue weighted by Gasteiger charge is -2.34. The summed E-state index contributed by atoms with van der Waals surface area (Å²) in [6.07, 6.45) is 3.34. The summed E-state index contributed by atoms with van der Waals surface area (Å²) in [6.45, 7) is 2.17. The number of nitrogens with zero attached hydrogens (tertiary/aromatic N) is 6. The minimum Gasteiger partial charge on any atom is -0.476 e. The van der Waals surface area contributed by atoms with Gasteiger partial charge in [0, 0.05) is 50.1 Å². The molecule has 2 N–H and O–H groups in total. The third-order valence-electron chi connectivity index (χ3n) is 3.31. The molecule has 0 aliphatic carbocycles. The Morgan fingerprint density at radius 3 is 2.52 bits per heavy atom. The van der Waals surface area contributed by atoms with Crippen molar-refractivity contribution < 1.29 is 14.7 Å². The number of hydrogen-bond acceptors (Lipinski definition) is 8. The molecular weight excluding hydrogens is 322 g/mol. The first-order chi connectivity index (χ1) is 11.1. The molecule has 2 aromatic heterocycles. The van der Waals surface area contributed by atoms with E-state index in [0.29, 0.717) is 32.1 Å². The van der Waals surface area contributed by atoms with Crippen LogP contribution in [0.2, 0.25) is 0 Å². The lowest BCUT2D eigenvalue weighted by atomic mass is 10.3. The molecule has 1 saturated heterocycles. The lowest BCUT2D eigenvalue weighted by Crippen LogP contribution is -2.50. The Labute approximate surface area is 134 Å². The van der Waals surface area contributed by atoms with Gasteiger partial charge in [0.2, 0.25) is 11.6 Å². The number of carbonyl (C=O) groups is 2. The van der Waals surface area contributed by atoms with Gasteiger partial charge in [-0.15, -0.1) is 5.10 Å². The van der Waals surface area contributed by atoms with Gasteiger partial charge in [0.15, 0.2) is 5.00 Å². The van der Waals surface area contributed by atoms with E-state index in [1.165, 1.54) is 0 Å². The first-order valence-corrected chi connectivity index (χ1v) is 7.56. The smallest absolute Gasteiger partial charge is 0.359 e. The van der Waals surface area contributed by atoms with Crippen LogP contribution < -0.4 is 10.2 Å². The number of carbonyl (C=O) groups excluding carboxylic acids is 1. The van der Waals surface area contributed by atoms with Gasteiger partial charge in [-0.05, 0) is 6.07 Å². The largest absolute Gasteiger partial charge is 0.476 e. The number of piperazine rings is 1. The van der Waals surface area contributed by atoms with E-state index in [4.69, 9.17) is 5.11 Å². The predicted molar refractivity (Wildman–Crippen MR) is 81.7 cm³/mol. The molecule has 0 bridgehead atoms. The standard InChI is InChI=1S/C12H13N7O3S/c20-10(21)8-9(23-17-16-8)15-12(22)19-6-4-18(5-7-19)11-13-2-1-3-14-11/h1-3H,4-7H2,(H,15,22)(H,20,21). The van der Waals surface area contributed by atoms with Crippen molar-refractivity contribution >= 4 is 34.5 Å². The van der Waals surface area contributed by atoms with Crippen LogP contribution in [0.25, 0.3) is 0 Å². The van der Waals surface area contributed by atoms with Crippen LogP contribution in [0, 0.1) is 0 Å². The third-order valence-corrected chi connectivity index (χ3v) is 3.95. The van der Waals surface area contributed by atoms with Crippen LogP contribution >= 0.6 is 11.5 Å². The summed E-state index contributed by atoms with van der Waals surface area (Å²) in [5, 5.41) is 15.1. The fourth-order valence-electron chi connectivity index (χ4n) is 2.15. The number of amides is 2. The maximum absolute atomic E-state index is 12.2. The Morgan fingerprint density at radius 2 is 1.87 bits per heavy atom. The van der Waals surface area contributed by atoms with E-state index in [0.717, 1.165) is 11.5 Å². The molecule has 1 fully saturated rings. The molecule has 0 spiro atoms. The van der Waals surface area contributed by atoms with E-state index < -0.39 is 5.97 Å². The normalized spacial score (nSPS) is 14.6. The molecule has 3 heterocycles. The zero-order valence-corrected chi connectivity index (χ0v) is 12.7. The van der Waals surface area contributed by atoms with E-state index >= 15 is 0 Å². The molecule has 2 amide bonds. The highest BCUT2D eigenvalue weighted by Crippen LogP contribution is 2.18. The molecule has 23 heavy (non-hydrogen) atoms. The summed E-state index contributed by atoms with van der Waals surface area (Å²) in [5.41, 5.74) is -0.250. The molecule has 2 aromatic rings. The molecule has 11 heteroatoms. The number of anilines is 2. The summed E-state index contributed by atoms with van der Waals surface area (Å²) in [5.74, 6) is -0.590. The SMILES string of the molecule is O=C(O)c1nnsc1NC(=O)N1CCN(c2ncccn2)CC1. The number of aromatic nitrogens is 4. The number of urea groups is 1. The van der Waals surface area contributed by atoms with Gasteiger partial charge in [0.25, 0.3) is 0 Å². The van der Waals surface area contributed by atoms with E-state index in [-0.39, 0.29) is 16.7 Å². The highest BCUT2D eigenvalue weighted by molar-refractivity contribution is 7.10. The molecule has 1 aliphatic rings. The van der Waals surface area contributed by atoms with Crippen LogP contribution in [0.3, 0.4) is 0 Å². The minimum atomic E-state index is -1.22. The number of rotatable bonds is 3. The molecule has 3 rings (SSSR count). The molecule has 0 radical (unpaired) electrons. The van der Waals surface area contributed by atoms with Gasteiger partial charge in [0.1, 0.15) is 0 Å². The lowest BCUT2D eigenvalue weighted by molar-refractivity contribution is 0.0691. The first kappa shape index (κ1) is 15.1. The molecule has 0 aromatic carbocycles. The summed E-state index contributed by atoms with van der Waals surface area (Å²) >= 11 is 0.837. The molecule has 1 aliphatic heterocycles. The van der Waals surface area contributed by atoms with E-state index in [9.17, 15) is 9.59 Å². The molecule has 0 atom stereocenters. The van der Waals surface area contributed by atoms with Gasteiger partial charge < -0.3 is 14.9 Å². The summed E-state index contributed by atoms with van der Waals surface area (Å²) < 4.78 is 3.55. The quantitative estimate of drug-likeness (QED) is 0.825. The Morgan fingerprint density at radius 1 is 1.17 bits per heavy atom. The summed E-state index contributed by atoms with van der Waals surface area (Å²) in [4.78, 5) is 35.1. The second-order valence-corrected chi connectivity index (χ2v) is 5.46. The zero-order chi connectivity index (χ0) is 16.2. The molecule has 10 nitrogen and oxygen atoms in total. The van der Waals surface area contributed by atoms with Gasteiger partial charge in [-0.2, -0.15) is 0 Å². The van der Waals surface area contributed by atoms with Gasteiger partial charge >= 0.3 is 12.0 Å². The fraction of sp³-hybridized carbons (Fsp3) is 0.333. The molecule has 0 unspecified atom stereocenters. The molecule has 120 valence electrons. The number of carboxylic acid groups (broad SMARTS) is 1. The van der Waals surface area contributed by atoms with Crippen molar-refractivity contribution in [3.8, 4) is 0 Å². The van der Waals surface area contributed by atoms with Crippen molar-refractivity contribution in [3.05, 3.63) is 24.2 Å². The van der Waals surface area contributed by atoms with Crippen LogP contribution in [-0.4, -0.2) is 67.7 Å². The van der Waals surface area contributed by atoms with Crippen LogP contribution in [0.4, 0.5) is 15.7 Å². The summed E-state index contributed by atoms with van der Waals surface area (Å²) in [6, 6.07) is 1.38. The van der Waals surface area contributed by atoms with Crippen molar-refractivity contribution in [1.82, 2.24) is 24.5 Å². The number of hydrogen-bond donors (Lipinski definition) is 2. The fourth-order valence-corrected chi connectivity index (χ4v) is 2.70. The van der Waals surface area contributed by atoms with Gasteiger partial charge in [-0.1, -0.05) is 4.49 Å². The highest BCUT2D eigenvalue weighted by atomic mass is 32.1. The molecule has 0 saturated carbocycles. The van der Waals surface area contributed by atoms with Gasteiger partial charge in [0.05, 0.1) is 0 Å². The van der Waals surface area contributed by atoms with E-state index in [1.807, 2.05) is 4.90 Å².